The molecule has 0 unspecified atom stereocenters. The molecule has 4 rings (SSSR count). The number of anilines is 1. The molecule has 0 aliphatic carbocycles. The summed E-state index contributed by atoms with van der Waals surface area (Å²) in [4.78, 5) is 4.51. The van der Waals surface area contributed by atoms with E-state index in [1.165, 1.54) is 6.07 Å². The van der Waals surface area contributed by atoms with E-state index in [1.54, 1.807) is 13.2 Å². The monoisotopic (exact) mass is 410 g/mol. The number of ether oxygens (including phenoxy) is 1. The molecule has 30 heavy (non-hydrogen) atoms. The van der Waals surface area contributed by atoms with E-state index in [-0.39, 0.29) is 11.9 Å². The van der Waals surface area contributed by atoms with Gasteiger partial charge in [0.2, 0.25) is 0 Å². The second kappa shape index (κ2) is 9.21. The highest BCUT2D eigenvalue weighted by molar-refractivity contribution is 5.48. The van der Waals surface area contributed by atoms with Gasteiger partial charge in [-0.1, -0.05) is 31.2 Å². The number of halogens is 1. The third-order valence-electron chi connectivity index (χ3n) is 5.68. The molecule has 0 saturated carbocycles. The molecule has 0 N–H and O–H groups in total. The van der Waals surface area contributed by atoms with E-state index < -0.39 is 0 Å². The van der Waals surface area contributed by atoms with Gasteiger partial charge in [-0.3, -0.25) is 4.90 Å². The lowest BCUT2D eigenvalue weighted by atomic mass is 10.1. The van der Waals surface area contributed by atoms with E-state index in [9.17, 15) is 4.39 Å². The van der Waals surface area contributed by atoms with Gasteiger partial charge in [0, 0.05) is 26.2 Å². The van der Waals surface area contributed by atoms with Crippen molar-refractivity contribution in [2.24, 2.45) is 0 Å². The summed E-state index contributed by atoms with van der Waals surface area (Å²) in [5.74, 6) is 1.53. The van der Waals surface area contributed by atoms with Gasteiger partial charge >= 0.3 is 0 Å². The number of benzene rings is 2. The third kappa shape index (κ3) is 4.28. The number of tetrazole rings is 1. The van der Waals surface area contributed by atoms with Crippen molar-refractivity contribution in [3.63, 3.8) is 0 Å². The standard InChI is InChI=1S/C22H27FN6O/c1-3-20(27-12-14-28(15-13-27)21-7-5-4-6-19(21)23)22-24-25-26-29(22)16-17-8-10-18(30-2)11-9-17/h4-11,20H,3,12-16H2,1-2H3/t20-/m0/s1. The number of hydrogen-bond acceptors (Lipinski definition) is 6. The molecule has 2 heterocycles. The second-order valence-electron chi connectivity index (χ2n) is 7.44. The Morgan fingerprint density at radius 1 is 1.03 bits per heavy atom. The molecule has 1 fully saturated rings. The number of para-hydroxylation sites is 1. The van der Waals surface area contributed by atoms with E-state index in [0.717, 1.165) is 49.7 Å². The average Bonchev–Trinajstić information content (AvgIpc) is 3.23. The predicted molar refractivity (Wildman–Crippen MR) is 113 cm³/mol. The minimum atomic E-state index is -0.165. The molecule has 158 valence electrons. The molecule has 1 aliphatic rings. The van der Waals surface area contributed by atoms with Crippen LogP contribution < -0.4 is 9.64 Å². The Bertz CT molecular complexity index is 952. The van der Waals surface area contributed by atoms with Crippen molar-refractivity contribution < 1.29 is 9.13 Å². The van der Waals surface area contributed by atoms with Gasteiger partial charge < -0.3 is 9.64 Å². The Morgan fingerprint density at radius 2 is 1.77 bits per heavy atom. The Kier molecular flexibility index (Phi) is 6.23. The normalized spacial score (nSPS) is 15.9. The van der Waals surface area contributed by atoms with Crippen molar-refractivity contribution >= 4 is 5.69 Å². The first-order chi connectivity index (χ1) is 14.7. The first kappa shape index (κ1) is 20.3. The van der Waals surface area contributed by atoms with Crippen molar-refractivity contribution in [1.82, 2.24) is 25.1 Å². The van der Waals surface area contributed by atoms with Gasteiger partial charge in [0.25, 0.3) is 0 Å². The van der Waals surface area contributed by atoms with Gasteiger partial charge in [0.15, 0.2) is 5.82 Å². The Balaban J connectivity index is 1.45. The molecule has 8 heteroatoms. The van der Waals surface area contributed by atoms with Gasteiger partial charge in [-0.15, -0.1) is 5.10 Å². The summed E-state index contributed by atoms with van der Waals surface area (Å²) in [7, 11) is 1.66. The van der Waals surface area contributed by atoms with E-state index in [1.807, 2.05) is 41.1 Å². The Labute approximate surface area is 176 Å². The third-order valence-corrected chi connectivity index (χ3v) is 5.68. The molecule has 2 aromatic carbocycles. The maximum Gasteiger partial charge on any atom is 0.168 e. The molecule has 1 saturated heterocycles. The number of rotatable bonds is 7. The Hall–Kier alpha value is -3.00. The van der Waals surface area contributed by atoms with Crippen molar-refractivity contribution in [2.75, 3.05) is 38.2 Å². The van der Waals surface area contributed by atoms with Crippen molar-refractivity contribution in [3.8, 4) is 5.75 Å². The molecule has 0 radical (unpaired) electrons. The van der Waals surface area contributed by atoms with Crippen LogP contribution in [0.5, 0.6) is 5.75 Å². The summed E-state index contributed by atoms with van der Waals surface area (Å²) in [6, 6.07) is 15.0. The molecule has 0 amide bonds. The molecular formula is C22H27FN6O. The zero-order valence-corrected chi connectivity index (χ0v) is 17.4. The highest BCUT2D eigenvalue weighted by Gasteiger charge is 2.28. The quantitative estimate of drug-likeness (QED) is 0.596. The van der Waals surface area contributed by atoms with Crippen LogP contribution in [0.3, 0.4) is 0 Å². The number of methoxy groups -OCH3 is 1. The lowest BCUT2D eigenvalue weighted by Gasteiger charge is -2.39. The summed E-state index contributed by atoms with van der Waals surface area (Å²) in [6.45, 7) is 5.98. The SMILES string of the molecule is CC[C@@H](c1nnnn1Cc1ccc(OC)cc1)N1CCN(c2ccccc2F)CC1. The molecule has 3 aromatic rings. The molecular weight excluding hydrogens is 383 g/mol. The molecule has 0 spiro atoms. The molecule has 1 aromatic heterocycles. The van der Waals surface area contributed by atoms with Crippen molar-refractivity contribution in [2.45, 2.75) is 25.9 Å². The van der Waals surface area contributed by atoms with Crippen LogP contribution in [0.25, 0.3) is 0 Å². The van der Waals surface area contributed by atoms with Gasteiger partial charge in [-0.25, -0.2) is 9.07 Å². The first-order valence-corrected chi connectivity index (χ1v) is 10.3. The minimum absolute atomic E-state index is 0.126. The lowest BCUT2D eigenvalue weighted by molar-refractivity contribution is 0.169. The maximum absolute atomic E-state index is 14.1. The van der Waals surface area contributed by atoms with E-state index in [2.05, 4.69) is 32.2 Å². The molecule has 1 aliphatic heterocycles. The topological polar surface area (TPSA) is 59.3 Å². The van der Waals surface area contributed by atoms with Gasteiger partial charge in [0.05, 0.1) is 25.4 Å². The molecule has 1 atom stereocenters. The fourth-order valence-electron chi connectivity index (χ4n) is 4.05. The van der Waals surface area contributed by atoms with Crippen molar-refractivity contribution in [1.29, 1.82) is 0 Å². The summed E-state index contributed by atoms with van der Waals surface area (Å²) in [5.41, 5.74) is 1.79. The number of piperazine rings is 1. The second-order valence-corrected chi connectivity index (χ2v) is 7.44. The summed E-state index contributed by atoms with van der Waals surface area (Å²) in [5, 5.41) is 12.5. The van der Waals surface area contributed by atoms with Crippen LogP contribution in [0.2, 0.25) is 0 Å². The lowest BCUT2D eigenvalue weighted by Crippen LogP contribution is -2.48. The van der Waals surface area contributed by atoms with Crippen LogP contribution in [0.4, 0.5) is 10.1 Å². The average molecular weight is 410 g/mol. The van der Waals surface area contributed by atoms with Crippen LogP contribution in [-0.4, -0.2) is 58.4 Å². The van der Waals surface area contributed by atoms with Crippen LogP contribution in [0, 0.1) is 5.82 Å². The van der Waals surface area contributed by atoms with Gasteiger partial charge in [-0.2, -0.15) is 0 Å². The predicted octanol–water partition coefficient (Wildman–Crippen LogP) is 3.14. The van der Waals surface area contributed by atoms with E-state index in [4.69, 9.17) is 4.74 Å². The summed E-state index contributed by atoms with van der Waals surface area (Å²) in [6.07, 6.45) is 0.905. The number of hydrogen-bond donors (Lipinski definition) is 0. The minimum Gasteiger partial charge on any atom is -0.497 e. The van der Waals surface area contributed by atoms with Crippen LogP contribution in [-0.2, 0) is 6.54 Å². The van der Waals surface area contributed by atoms with Gasteiger partial charge in [-0.05, 0) is 46.7 Å². The molecule has 7 nitrogen and oxygen atoms in total. The summed E-state index contributed by atoms with van der Waals surface area (Å²) >= 11 is 0. The van der Waals surface area contributed by atoms with E-state index in [0.29, 0.717) is 12.2 Å². The largest absolute Gasteiger partial charge is 0.497 e. The Morgan fingerprint density at radius 3 is 2.43 bits per heavy atom. The number of aromatic nitrogens is 4. The highest BCUT2D eigenvalue weighted by atomic mass is 19.1. The highest BCUT2D eigenvalue weighted by Crippen LogP contribution is 2.26. The van der Waals surface area contributed by atoms with E-state index >= 15 is 0 Å². The summed E-state index contributed by atoms with van der Waals surface area (Å²) < 4.78 is 21.2. The maximum atomic E-state index is 14.1. The smallest absolute Gasteiger partial charge is 0.168 e. The zero-order chi connectivity index (χ0) is 20.9. The van der Waals surface area contributed by atoms with Crippen LogP contribution in [0.1, 0.15) is 30.8 Å². The van der Waals surface area contributed by atoms with Crippen LogP contribution in [0.15, 0.2) is 48.5 Å². The van der Waals surface area contributed by atoms with Crippen molar-refractivity contribution in [3.05, 3.63) is 65.7 Å². The van der Waals surface area contributed by atoms with Crippen LogP contribution >= 0.6 is 0 Å². The fraction of sp³-hybridized carbons (Fsp3) is 0.409. The zero-order valence-electron chi connectivity index (χ0n) is 17.4. The van der Waals surface area contributed by atoms with Gasteiger partial charge in [0.1, 0.15) is 11.6 Å². The first-order valence-electron chi connectivity index (χ1n) is 10.3. The number of nitrogens with zero attached hydrogens (tertiary/aromatic N) is 6. The fourth-order valence-corrected chi connectivity index (χ4v) is 4.05. The molecule has 0 bridgehead atoms.